The predicted molar refractivity (Wildman–Crippen MR) is 95.7 cm³/mol. The van der Waals surface area contributed by atoms with Crippen LogP contribution < -0.4 is 0 Å². The van der Waals surface area contributed by atoms with Crippen molar-refractivity contribution in [2.45, 2.75) is 45.3 Å². The average Bonchev–Trinajstić information content (AvgIpc) is 2.90. The third-order valence-electron chi connectivity index (χ3n) is 5.77. The molecule has 0 saturated carbocycles. The Morgan fingerprint density at radius 1 is 1.22 bits per heavy atom. The standard InChI is InChI=1S/C20H26F2N2O3/c1-3-17(27-2)19(26)23-6-4-20(5-7-23)11-18(25)24(13-20)12-14-8-15(21)10-16(22)9-14/h8-10,17H,3-7,11-13H2,1-2H3/t17-/m0/s1. The van der Waals surface area contributed by atoms with Crippen LogP contribution in [0.5, 0.6) is 0 Å². The van der Waals surface area contributed by atoms with E-state index in [4.69, 9.17) is 4.74 Å². The smallest absolute Gasteiger partial charge is 0.251 e. The van der Waals surface area contributed by atoms with Crippen LogP contribution in [0.25, 0.3) is 0 Å². The van der Waals surface area contributed by atoms with E-state index in [1.165, 1.54) is 12.1 Å². The summed E-state index contributed by atoms with van der Waals surface area (Å²) in [5.41, 5.74) is 0.297. The normalized spacial score (nSPS) is 20.4. The Bertz CT molecular complexity index is 693. The molecule has 2 amide bonds. The Kier molecular flexibility index (Phi) is 5.79. The molecule has 0 bridgehead atoms. The number of likely N-dealkylation sites (tertiary alicyclic amines) is 2. The first kappa shape index (κ1) is 19.7. The van der Waals surface area contributed by atoms with Crippen molar-refractivity contribution in [3.05, 3.63) is 35.4 Å². The fraction of sp³-hybridized carbons (Fsp3) is 0.600. The maximum absolute atomic E-state index is 13.4. The number of ether oxygens (including phenoxy) is 1. The van der Waals surface area contributed by atoms with E-state index in [0.29, 0.717) is 38.0 Å². The number of methoxy groups -OCH3 is 1. The maximum Gasteiger partial charge on any atom is 0.251 e. The van der Waals surface area contributed by atoms with Crippen molar-refractivity contribution in [1.29, 1.82) is 0 Å². The number of nitrogens with zero attached hydrogens (tertiary/aromatic N) is 2. The molecule has 1 atom stereocenters. The Labute approximate surface area is 158 Å². The summed E-state index contributed by atoms with van der Waals surface area (Å²) >= 11 is 0. The molecule has 2 aliphatic heterocycles. The molecule has 5 nitrogen and oxygen atoms in total. The number of amides is 2. The van der Waals surface area contributed by atoms with E-state index in [1.54, 1.807) is 12.0 Å². The van der Waals surface area contributed by atoms with Gasteiger partial charge in [-0.25, -0.2) is 8.78 Å². The molecule has 2 fully saturated rings. The molecule has 1 aromatic rings. The van der Waals surface area contributed by atoms with Crippen molar-refractivity contribution in [1.82, 2.24) is 9.80 Å². The molecular weight excluding hydrogens is 354 g/mol. The summed E-state index contributed by atoms with van der Waals surface area (Å²) in [5.74, 6) is -1.27. The van der Waals surface area contributed by atoms with Gasteiger partial charge in [0.05, 0.1) is 0 Å². The molecule has 27 heavy (non-hydrogen) atoms. The van der Waals surface area contributed by atoms with Crippen molar-refractivity contribution >= 4 is 11.8 Å². The Balaban J connectivity index is 1.61. The van der Waals surface area contributed by atoms with E-state index in [9.17, 15) is 18.4 Å². The first-order valence-electron chi connectivity index (χ1n) is 9.40. The second-order valence-corrected chi connectivity index (χ2v) is 7.66. The minimum atomic E-state index is -0.637. The Morgan fingerprint density at radius 3 is 2.41 bits per heavy atom. The van der Waals surface area contributed by atoms with Gasteiger partial charge in [0, 0.05) is 51.2 Å². The van der Waals surface area contributed by atoms with Gasteiger partial charge in [-0.05, 0) is 37.0 Å². The molecule has 0 radical (unpaired) electrons. The van der Waals surface area contributed by atoms with Crippen LogP contribution >= 0.6 is 0 Å². The van der Waals surface area contributed by atoms with Gasteiger partial charge in [0.15, 0.2) is 0 Å². The van der Waals surface area contributed by atoms with Crippen molar-refractivity contribution in [2.75, 3.05) is 26.7 Å². The lowest BCUT2D eigenvalue weighted by atomic mass is 9.77. The van der Waals surface area contributed by atoms with Crippen LogP contribution in [0, 0.1) is 17.0 Å². The molecule has 7 heteroatoms. The summed E-state index contributed by atoms with van der Waals surface area (Å²) in [6, 6.07) is 3.35. The first-order chi connectivity index (χ1) is 12.9. The minimum Gasteiger partial charge on any atom is -0.372 e. The molecule has 0 unspecified atom stereocenters. The zero-order chi connectivity index (χ0) is 19.6. The zero-order valence-electron chi connectivity index (χ0n) is 15.8. The molecule has 0 N–H and O–H groups in total. The lowest BCUT2D eigenvalue weighted by molar-refractivity contribution is -0.144. The summed E-state index contributed by atoms with van der Waals surface area (Å²) in [5, 5.41) is 0. The maximum atomic E-state index is 13.4. The van der Waals surface area contributed by atoms with Gasteiger partial charge in [0.25, 0.3) is 5.91 Å². The van der Waals surface area contributed by atoms with Crippen LogP contribution in [0.4, 0.5) is 8.78 Å². The van der Waals surface area contributed by atoms with Crippen LogP contribution in [0.15, 0.2) is 18.2 Å². The number of carbonyl (C=O) groups excluding carboxylic acids is 2. The number of piperidine rings is 1. The Morgan fingerprint density at radius 2 is 1.85 bits per heavy atom. The van der Waals surface area contributed by atoms with E-state index in [1.807, 2.05) is 11.8 Å². The lowest BCUT2D eigenvalue weighted by Gasteiger charge is -2.39. The minimum absolute atomic E-state index is 0.00257. The highest BCUT2D eigenvalue weighted by Gasteiger charge is 2.45. The summed E-state index contributed by atoms with van der Waals surface area (Å²) in [7, 11) is 1.54. The van der Waals surface area contributed by atoms with E-state index in [-0.39, 0.29) is 23.8 Å². The quantitative estimate of drug-likeness (QED) is 0.789. The SMILES string of the molecule is CC[C@H](OC)C(=O)N1CCC2(CC1)CC(=O)N(Cc1cc(F)cc(F)c1)C2. The number of carbonyl (C=O) groups is 2. The molecule has 148 valence electrons. The Hall–Kier alpha value is -2.02. The summed E-state index contributed by atoms with van der Waals surface area (Å²) in [6.07, 6.45) is 2.14. The van der Waals surface area contributed by atoms with Crippen LogP contribution in [-0.4, -0.2) is 54.5 Å². The monoisotopic (exact) mass is 380 g/mol. The molecule has 2 saturated heterocycles. The topological polar surface area (TPSA) is 49.9 Å². The fourth-order valence-electron chi connectivity index (χ4n) is 4.23. The van der Waals surface area contributed by atoms with Gasteiger partial charge in [0.1, 0.15) is 17.7 Å². The molecule has 2 heterocycles. The van der Waals surface area contributed by atoms with Gasteiger partial charge >= 0.3 is 0 Å². The lowest BCUT2D eigenvalue weighted by Crippen LogP contribution is -2.48. The van der Waals surface area contributed by atoms with Gasteiger partial charge < -0.3 is 14.5 Å². The predicted octanol–water partition coefficient (Wildman–Crippen LogP) is 2.73. The number of hydrogen-bond acceptors (Lipinski definition) is 3. The van der Waals surface area contributed by atoms with Gasteiger partial charge in [0.2, 0.25) is 5.91 Å². The second kappa shape index (κ2) is 7.92. The first-order valence-corrected chi connectivity index (χ1v) is 9.40. The van der Waals surface area contributed by atoms with Gasteiger partial charge in [-0.1, -0.05) is 6.92 Å². The highest BCUT2D eigenvalue weighted by atomic mass is 19.1. The molecule has 1 spiro atoms. The van der Waals surface area contributed by atoms with Crippen molar-refractivity contribution in [3.63, 3.8) is 0 Å². The molecule has 1 aromatic carbocycles. The van der Waals surface area contributed by atoms with Crippen molar-refractivity contribution in [3.8, 4) is 0 Å². The highest BCUT2D eigenvalue weighted by molar-refractivity contribution is 5.81. The molecule has 2 aliphatic rings. The average molecular weight is 380 g/mol. The third kappa shape index (κ3) is 4.29. The number of halogens is 2. The summed E-state index contributed by atoms with van der Waals surface area (Å²) in [4.78, 5) is 28.4. The van der Waals surface area contributed by atoms with E-state index in [0.717, 1.165) is 18.9 Å². The third-order valence-corrected chi connectivity index (χ3v) is 5.77. The number of rotatable bonds is 5. The highest BCUT2D eigenvalue weighted by Crippen LogP contribution is 2.41. The van der Waals surface area contributed by atoms with Crippen molar-refractivity contribution < 1.29 is 23.1 Å². The van der Waals surface area contributed by atoms with Crippen LogP contribution in [0.3, 0.4) is 0 Å². The van der Waals surface area contributed by atoms with E-state index >= 15 is 0 Å². The van der Waals surface area contributed by atoms with Crippen LogP contribution in [0.2, 0.25) is 0 Å². The number of hydrogen-bond donors (Lipinski definition) is 0. The van der Waals surface area contributed by atoms with Gasteiger partial charge in [-0.15, -0.1) is 0 Å². The van der Waals surface area contributed by atoms with Gasteiger partial charge in [-0.2, -0.15) is 0 Å². The van der Waals surface area contributed by atoms with Crippen molar-refractivity contribution in [2.24, 2.45) is 5.41 Å². The van der Waals surface area contributed by atoms with E-state index in [2.05, 4.69) is 0 Å². The summed E-state index contributed by atoms with van der Waals surface area (Å²) in [6.45, 7) is 3.90. The van der Waals surface area contributed by atoms with Crippen LogP contribution in [-0.2, 0) is 20.9 Å². The molecule has 3 rings (SSSR count). The zero-order valence-corrected chi connectivity index (χ0v) is 15.8. The largest absolute Gasteiger partial charge is 0.372 e. The molecule has 0 aliphatic carbocycles. The van der Waals surface area contributed by atoms with E-state index < -0.39 is 17.7 Å². The number of benzene rings is 1. The second-order valence-electron chi connectivity index (χ2n) is 7.66. The van der Waals surface area contributed by atoms with Crippen LogP contribution in [0.1, 0.15) is 38.2 Å². The summed E-state index contributed by atoms with van der Waals surface area (Å²) < 4.78 is 32.0. The fourth-order valence-corrected chi connectivity index (χ4v) is 4.23. The van der Waals surface area contributed by atoms with Gasteiger partial charge in [-0.3, -0.25) is 9.59 Å². The molecular formula is C20H26F2N2O3. The molecule has 0 aromatic heterocycles.